The number of aromatic nitrogens is 2. The summed E-state index contributed by atoms with van der Waals surface area (Å²) in [6, 6.07) is 0. The van der Waals surface area contributed by atoms with Gasteiger partial charge in [0.2, 0.25) is 0 Å². The Labute approximate surface area is 124 Å². The van der Waals surface area contributed by atoms with E-state index in [1.54, 1.807) is 11.3 Å². The van der Waals surface area contributed by atoms with Crippen molar-refractivity contribution in [1.82, 2.24) is 9.38 Å². The minimum absolute atomic E-state index is 0.164. The molecule has 2 atom stereocenters. The fraction of sp³-hybridized carbons (Fsp3) is 0.625. The average molecular weight is 290 g/mol. The lowest BCUT2D eigenvalue weighted by molar-refractivity contribution is -0.126. The summed E-state index contributed by atoms with van der Waals surface area (Å²) in [6.07, 6.45) is 7.72. The zero-order valence-corrected chi connectivity index (χ0v) is 13.2. The van der Waals surface area contributed by atoms with Crippen molar-refractivity contribution < 1.29 is 4.79 Å². The zero-order chi connectivity index (χ0) is 14.3. The van der Waals surface area contributed by atoms with Crippen LogP contribution in [0.25, 0.3) is 4.96 Å². The minimum atomic E-state index is 0.164. The molecule has 0 N–H and O–H groups in total. The number of nitrogens with zero attached hydrogens (tertiary/aromatic N) is 2. The third-order valence-corrected chi connectivity index (χ3v) is 5.36. The summed E-state index contributed by atoms with van der Waals surface area (Å²) < 4.78 is 2.05. The van der Waals surface area contributed by atoms with E-state index in [1.807, 2.05) is 11.6 Å². The van der Waals surface area contributed by atoms with Gasteiger partial charge in [-0.15, -0.1) is 11.3 Å². The van der Waals surface area contributed by atoms with Gasteiger partial charge >= 0.3 is 0 Å². The fourth-order valence-electron chi connectivity index (χ4n) is 3.22. The van der Waals surface area contributed by atoms with Crippen molar-refractivity contribution in [3.8, 4) is 0 Å². The van der Waals surface area contributed by atoms with E-state index >= 15 is 0 Å². The van der Waals surface area contributed by atoms with Crippen LogP contribution in [0.4, 0.5) is 0 Å². The van der Waals surface area contributed by atoms with E-state index in [0.29, 0.717) is 17.1 Å². The van der Waals surface area contributed by atoms with Gasteiger partial charge in [-0.05, 0) is 24.2 Å². The van der Waals surface area contributed by atoms with Crippen molar-refractivity contribution in [2.75, 3.05) is 0 Å². The first-order valence-electron chi connectivity index (χ1n) is 7.37. The van der Waals surface area contributed by atoms with E-state index in [9.17, 15) is 4.79 Å². The number of imidazole rings is 1. The van der Waals surface area contributed by atoms with Crippen LogP contribution in [0.2, 0.25) is 0 Å². The van der Waals surface area contributed by atoms with Crippen LogP contribution in [0.3, 0.4) is 0 Å². The number of hydrogen-bond acceptors (Lipinski definition) is 3. The van der Waals surface area contributed by atoms with Crippen molar-refractivity contribution in [2.45, 2.75) is 46.5 Å². The number of fused-ring (bicyclic) bond motifs is 1. The Hall–Kier alpha value is -1.16. The first-order chi connectivity index (χ1) is 9.43. The Bertz CT molecular complexity index is 591. The Balaban J connectivity index is 1.74. The molecule has 0 radical (unpaired) electrons. The molecule has 0 aromatic carbocycles. The lowest BCUT2D eigenvalue weighted by Gasteiger charge is -2.36. The lowest BCUT2D eigenvalue weighted by Crippen LogP contribution is -2.33. The monoisotopic (exact) mass is 290 g/mol. The minimum Gasteiger partial charge on any atom is -0.299 e. The molecule has 4 heteroatoms. The summed E-state index contributed by atoms with van der Waals surface area (Å²) in [7, 11) is 0. The molecule has 1 aliphatic carbocycles. The fourth-order valence-corrected chi connectivity index (χ4v) is 3.94. The highest BCUT2D eigenvalue weighted by Crippen LogP contribution is 2.39. The molecule has 2 aromatic heterocycles. The number of ketones is 1. The molecule has 0 bridgehead atoms. The van der Waals surface area contributed by atoms with Gasteiger partial charge in [-0.1, -0.05) is 20.8 Å². The van der Waals surface area contributed by atoms with E-state index < -0.39 is 0 Å². The Morgan fingerprint density at radius 3 is 2.95 bits per heavy atom. The van der Waals surface area contributed by atoms with Gasteiger partial charge in [0, 0.05) is 36.5 Å². The van der Waals surface area contributed by atoms with Gasteiger partial charge < -0.3 is 0 Å². The molecule has 1 fully saturated rings. The second-order valence-corrected chi connectivity index (χ2v) is 7.90. The molecular weight excluding hydrogens is 268 g/mol. The molecule has 3 rings (SSSR count). The van der Waals surface area contributed by atoms with E-state index in [0.717, 1.165) is 36.3 Å². The Morgan fingerprint density at radius 1 is 1.45 bits per heavy atom. The maximum Gasteiger partial charge on any atom is 0.193 e. The maximum absolute atomic E-state index is 12.2. The molecule has 3 nitrogen and oxygen atoms in total. The third-order valence-electron chi connectivity index (χ3n) is 4.59. The normalized spacial score (nSPS) is 24.4. The highest BCUT2D eigenvalue weighted by molar-refractivity contribution is 7.15. The van der Waals surface area contributed by atoms with Crippen LogP contribution in [0.1, 0.15) is 45.7 Å². The molecule has 0 amide bonds. The maximum atomic E-state index is 12.2. The number of carbonyl (C=O) groups excluding carboxylic acids is 1. The van der Waals surface area contributed by atoms with E-state index in [-0.39, 0.29) is 5.92 Å². The van der Waals surface area contributed by atoms with Gasteiger partial charge in [-0.25, -0.2) is 4.98 Å². The Morgan fingerprint density at radius 2 is 2.25 bits per heavy atom. The summed E-state index contributed by atoms with van der Waals surface area (Å²) in [5, 5.41) is 2.04. The number of hydrogen-bond donors (Lipinski definition) is 0. The average Bonchev–Trinajstić information content (AvgIpc) is 2.91. The quantitative estimate of drug-likeness (QED) is 0.838. The third kappa shape index (κ3) is 2.66. The summed E-state index contributed by atoms with van der Waals surface area (Å²) >= 11 is 1.64. The first kappa shape index (κ1) is 13.8. The van der Waals surface area contributed by atoms with Gasteiger partial charge in [0.1, 0.15) is 5.78 Å². The summed E-state index contributed by atoms with van der Waals surface area (Å²) in [4.78, 5) is 17.8. The van der Waals surface area contributed by atoms with E-state index in [2.05, 4.69) is 36.4 Å². The second-order valence-electron chi connectivity index (χ2n) is 7.03. The Kier molecular flexibility index (Phi) is 3.44. The highest BCUT2D eigenvalue weighted by atomic mass is 32.1. The van der Waals surface area contributed by atoms with Crippen LogP contribution in [-0.2, 0) is 11.2 Å². The molecule has 2 unspecified atom stereocenters. The van der Waals surface area contributed by atoms with Crippen molar-refractivity contribution in [2.24, 2.45) is 17.3 Å². The van der Waals surface area contributed by atoms with Gasteiger partial charge in [-0.2, -0.15) is 0 Å². The molecule has 0 aliphatic heterocycles. The lowest BCUT2D eigenvalue weighted by atomic mass is 9.68. The van der Waals surface area contributed by atoms with Crippen LogP contribution in [0.5, 0.6) is 0 Å². The molecule has 2 aromatic rings. The second kappa shape index (κ2) is 4.99. The number of carbonyl (C=O) groups is 1. The predicted molar refractivity (Wildman–Crippen MR) is 82.1 cm³/mol. The topological polar surface area (TPSA) is 34.4 Å². The molecule has 2 heterocycles. The van der Waals surface area contributed by atoms with Gasteiger partial charge in [-0.3, -0.25) is 9.20 Å². The first-order valence-corrected chi connectivity index (χ1v) is 8.25. The van der Waals surface area contributed by atoms with Gasteiger partial charge in [0.05, 0.1) is 5.69 Å². The van der Waals surface area contributed by atoms with E-state index in [1.165, 1.54) is 0 Å². The zero-order valence-electron chi connectivity index (χ0n) is 12.4. The van der Waals surface area contributed by atoms with Crippen LogP contribution < -0.4 is 0 Å². The number of Topliss-reactive ketones (excluding diaryl/α,β-unsaturated/α-hetero) is 1. The number of rotatable bonds is 2. The predicted octanol–water partition coefficient (Wildman–Crippen LogP) is 3.97. The molecule has 108 valence electrons. The standard InChI is InChI=1S/C16H22N2OS/c1-16(2,3)12-4-5-14(19)11(8-12)9-13-10-18-6-7-20-15(18)17-13/h6-7,10-12H,4-5,8-9H2,1-3H3. The smallest absolute Gasteiger partial charge is 0.193 e. The summed E-state index contributed by atoms with van der Waals surface area (Å²) in [5.41, 5.74) is 1.36. The van der Waals surface area contributed by atoms with E-state index in [4.69, 9.17) is 0 Å². The molecule has 1 saturated carbocycles. The van der Waals surface area contributed by atoms with Crippen LogP contribution >= 0.6 is 11.3 Å². The van der Waals surface area contributed by atoms with Gasteiger partial charge in [0.15, 0.2) is 4.96 Å². The molecule has 0 saturated heterocycles. The highest BCUT2D eigenvalue weighted by Gasteiger charge is 2.35. The summed E-state index contributed by atoms with van der Waals surface area (Å²) in [5.74, 6) is 1.24. The van der Waals surface area contributed by atoms with Crippen molar-refractivity contribution >= 4 is 22.1 Å². The van der Waals surface area contributed by atoms with Crippen molar-refractivity contribution in [1.29, 1.82) is 0 Å². The van der Waals surface area contributed by atoms with Crippen LogP contribution in [0, 0.1) is 17.3 Å². The molecule has 0 spiro atoms. The van der Waals surface area contributed by atoms with Crippen molar-refractivity contribution in [3.63, 3.8) is 0 Å². The largest absolute Gasteiger partial charge is 0.299 e. The summed E-state index contributed by atoms with van der Waals surface area (Å²) in [6.45, 7) is 6.87. The number of thiazole rings is 1. The molecular formula is C16H22N2OS. The van der Waals surface area contributed by atoms with Crippen LogP contribution in [0.15, 0.2) is 17.8 Å². The SMILES string of the molecule is CC(C)(C)C1CCC(=O)C(Cc2cn3ccsc3n2)C1. The van der Waals surface area contributed by atoms with Gasteiger partial charge in [0.25, 0.3) is 0 Å². The van der Waals surface area contributed by atoms with Crippen LogP contribution in [-0.4, -0.2) is 15.2 Å². The molecule has 1 aliphatic rings. The molecule has 20 heavy (non-hydrogen) atoms. The van der Waals surface area contributed by atoms with Crippen molar-refractivity contribution in [3.05, 3.63) is 23.5 Å².